The summed E-state index contributed by atoms with van der Waals surface area (Å²) in [5, 5.41) is 13.8. The van der Waals surface area contributed by atoms with Crippen LogP contribution in [0.5, 0.6) is 0 Å². The minimum Gasteiger partial charge on any atom is -0.391 e. The maximum atomic E-state index is 12.8. The van der Waals surface area contributed by atoms with Gasteiger partial charge in [-0.2, -0.15) is 0 Å². The average molecular weight is 686 g/mol. The van der Waals surface area contributed by atoms with Crippen LogP contribution in [0, 0.1) is 0 Å². The number of aliphatic hydroxyl groups excluding tert-OH is 1. The lowest BCUT2D eigenvalue weighted by Gasteiger charge is -2.26. The van der Waals surface area contributed by atoms with E-state index in [1.165, 1.54) is 57.8 Å². The van der Waals surface area contributed by atoms with Gasteiger partial charge in [-0.1, -0.05) is 134 Å². The van der Waals surface area contributed by atoms with Crippen LogP contribution in [0.3, 0.4) is 0 Å². The van der Waals surface area contributed by atoms with Crippen molar-refractivity contribution in [3.63, 3.8) is 0 Å². The highest BCUT2D eigenvalue weighted by atomic mass is 31.2. The second kappa shape index (κ2) is 30.8. The molecule has 0 aliphatic heterocycles. The minimum absolute atomic E-state index is 0.0677. The molecule has 3 unspecified atom stereocenters. The first-order valence-electron chi connectivity index (χ1n) is 18.9. The van der Waals surface area contributed by atoms with E-state index in [9.17, 15) is 19.4 Å². The maximum Gasteiger partial charge on any atom is 0.472 e. The summed E-state index contributed by atoms with van der Waals surface area (Å²) in [7, 11) is 1.59. The Hall–Kier alpha value is -1.28. The monoisotopic (exact) mass is 686 g/mol. The number of carbonyl (C=O) groups excluding carboxylic acids is 1. The van der Waals surface area contributed by atoms with E-state index in [0.717, 1.165) is 64.2 Å². The third-order valence-corrected chi connectivity index (χ3v) is 9.14. The molecule has 0 aliphatic rings. The Morgan fingerprint density at radius 1 is 0.745 bits per heavy atom. The molecule has 276 valence electrons. The number of phosphoric ester groups is 1. The molecule has 47 heavy (non-hydrogen) atoms. The zero-order chi connectivity index (χ0) is 35.1. The average Bonchev–Trinajstić information content (AvgIpc) is 3.01. The number of phosphoric acid groups is 1. The smallest absolute Gasteiger partial charge is 0.391 e. The van der Waals surface area contributed by atoms with Gasteiger partial charge in [0.2, 0.25) is 5.91 Å². The zero-order valence-electron chi connectivity index (χ0n) is 31.0. The molecular formula is C38H74N2O6P+. The topological polar surface area (TPSA) is 105 Å². The van der Waals surface area contributed by atoms with Gasteiger partial charge in [0.15, 0.2) is 0 Å². The van der Waals surface area contributed by atoms with E-state index in [1.54, 1.807) is 0 Å². The first kappa shape index (κ1) is 45.7. The number of nitrogens with zero attached hydrogens (tertiary/aromatic N) is 1. The molecule has 0 spiro atoms. The third kappa shape index (κ3) is 33.0. The van der Waals surface area contributed by atoms with Crippen LogP contribution >= 0.6 is 7.82 Å². The molecule has 0 rings (SSSR count). The second-order valence-electron chi connectivity index (χ2n) is 13.9. The summed E-state index contributed by atoms with van der Waals surface area (Å²) < 4.78 is 23.5. The molecule has 9 heteroatoms. The van der Waals surface area contributed by atoms with Crippen molar-refractivity contribution in [3.8, 4) is 0 Å². The number of carbonyl (C=O) groups is 1. The number of amides is 1. The predicted octanol–water partition coefficient (Wildman–Crippen LogP) is 9.57. The van der Waals surface area contributed by atoms with Crippen LogP contribution in [0.15, 0.2) is 36.5 Å². The molecule has 0 fully saturated rings. The van der Waals surface area contributed by atoms with Crippen molar-refractivity contribution in [2.75, 3.05) is 40.9 Å². The number of quaternary nitrogens is 1. The van der Waals surface area contributed by atoms with Crippen LogP contribution < -0.4 is 5.32 Å². The summed E-state index contributed by atoms with van der Waals surface area (Å²) in [5.74, 6) is -0.177. The van der Waals surface area contributed by atoms with Gasteiger partial charge in [0.1, 0.15) is 13.2 Å². The van der Waals surface area contributed by atoms with Crippen molar-refractivity contribution < 1.29 is 32.9 Å². The molecule has 0 radical (unpaired) electrons. The lowest BCUT2D eigenvalue weighted by Crippen LogP contribution is -2.46. The van der Waals surface area contributed by atoms with Crippen LogP contribution in [0.1, 0.15) is 149 Å². The Kier molecular flexibility index (Phi) is 29.9. The maximum absolute atomic E-state index is 12.8. The molecule has 1 amide bonds. The van der Waals surface area contributed by atoms with Gasteiger partial charge >= 0.3 is 7.82 Å². The fourth-order valence-corrected chi connectivity index (χ4v) is 5.85. The minimum atomic E-state index is -4.31. The van der Waals surface area contributed by atoms with Crippen molar-refractivity contribution in [2.45, 2.75) is 161 Å². The van der Waals surface area contributed by atoms with Gasteiger partial charge in [0, 0.05) is 6.42 Å². The number of hydrogen-bond donors (Lipinski definition) is 3. The molecular weight excluding hydrogens is 611 g/mol. The normalized spacial score (nSPS) is 15.1. The number of rotatable bonds is 33. The van der Waals surface area contributed by atoms with Crippen molar-refractivity contribution in [1.82, 2.24) is 5.32 Å². The SMILES string of the molecule is CC/C=C\C/C=C\C/C=C\CCCCCC(=O)NC(COP(=O)(O)OCC[N+](C)(C)C)C(O)CCCCCCCCCCCCCC. The Morgan fingerprint density at radius 2 is 1.28 bits per heavy atom. The predicted molar refractivity (Wildman–Crippen MR) is 198 cm³/mol. The fourth-order valence-electron chi connectivity index (χ4n) is 5.12. The van der Waals surface area contributed by atoms with Crippen molar-refractivity contribution in [2.24, 2.45) is 0 Å². The molecule has 3 N–H and O–H groups in total. The highest BCUT2D eigenvalue weighted by Crippen LogP contribution is 2.43. The Morgan fingerprint density at radius 3 is 1.85 bits per heavy atom. The third-order valence-electron chi connectivity index (χ3n) is 8.15. The molecule has 0 aromatic carbocycles. The summed E-state index contributed by atoms with van der Waals surface area (Å²) in [4.78, 5) is 23.0. The van der Waals surface area contributed by atoms with Gasteiger partial charge in [-0.3, -0.25) is 13.8 Å². The molecule has 0 bridgehead atoms. The standard InChI is InChI=1S/C38H73N2O6P/c1-6-8-10-12-14-16-18-20-22-24-26-28-30-32-38(42)39-36(35-46-47(43,44)45-34-33-40(3,4)5)37(41)31-29-27-25-23-21-19-17-15-13-11-9-7-2/h8,10,14,16,20,22,36-37,41H,6-7,9,11-13,15,17-19,21,23-35H2,1-5H3,(H-,39,42,43,44)/p+1/b10-8-,16-14-,22-20-. The summed E-state index contributed by atoms with van der Waals surface area (Å²) in [6, 6.07) is -0.772. The van der Waals surface area contributed by atoms with E-state index in [1.807, 2.05) is 21.1 Å². The van der Waals surface area contributed by atoms with E-state index >= 15 is 0 Å². The number of nitrogens with one attached hydrogen (secondary N) is 1. The van der Waals surface area contributed by atoms with Gasteiger partial charge in [-0.15, -0.1) is 0 Å². The van der Waals surface area contributed by atoms with Crippen LogP contribution in [0.2, 0.25) is 0 Å². The summed E-state index contributed by atoms with van der Waals surface area (Å²) in [5.41, 5.74) is 0. The quantitative estimate of drug-likeness (QED) is 0.0275. The van der Waals surface area contributed by atoms with Crippen molar-refractivity contribution in [3.05, 3.63) is 36.5 Å². The molecule has 0 aromatic rings. The number of unbranched alkanes of at least 4 members (excludes halogenated alkanes) is 14. The molecule has 3 atom stereocenters. The lowest BCUT2D eigenvalue weighted by atomic mass is 10.0. The molecule has 0 aliphatic carbocycles. The highest BCUT2D eigenvalue weighted by molar-refractivity contribution is 7.47. The van der Waals surface area contributed by atoms with E-state index in [4.69, 9.17) is 9.05 Å². The number of likely N-dealkylation sites (N-methyl/N-ethyl adjacent to an activating group) is 1. The second-order valence-corrected chi connectivity index (χ2v) is 15.4. The molecule has 0 saturated carbocycles. The van der Waals surface area contributed by atoms with Gasteiger partial charge < -0.3 is 19.8 Å². The molecule has 0 heterocycles. The van der Waals surface area contributed by atoms with Gasteiger partial charge in [-0.25, -0.2) is 4.57 Å². The van der Waals surface area contributed by atoms with E-state index in [-0.39, 0.29) is 19.1 Å². The highest BCUT2D eigenvalue weighted by Gasteiger charge is 2.28. The van der Waals surface area contributed by atoms with E-state index < -0.39 is 20.0 Å². The zero-order valence-corrected chi connectivity index (χ0v) is 31.9. The number of aliphatic hydroxyl groups is 1. The van der Waals surface area contributed by atoms with Crippen LogP contribution in [0.25, 0.3) is 0 Å². The Bertz CT molecular complexity index is 871. The summed E-state index contributed by atoms with van der Waals surface area (Å²) >= 11 is 0. The first-order chi connectivity index (χ1) is 22.5. The van der Waals surface area contributed by atoms with Gasteiger partial charge in [-0.05, 0) is 44.9 Å². The number of hydrogen-bond acceptors (Lipinski definition) is 5. The number of allylic oxidation sites excluding steroid dienone is 6. The Labute approximate surface area is 289 Å². The van der Waals surface area contributed by atoms with E-state index in [0.29, 0.717) is 23.9 Å². The van der Waals surface area contributed by atoms with Crippen molar-refractivity contribution >= 4 is 13.7 Å². The van der Waals surface area contributed by atoms with Crippen LogP contribution in [-0.2, 0) is 18.4 Å². The lowest BCUT2D eigenvalue weighted by molar-refractivity contribution is -0.870. The van der Waals surface area contributed by atoms with Gasteiger partial charge in [0.25, 0.3) is 0 Å². The fraction of sp³-hybridized carbons (Fsp3) is 0.816. The van der Waals surface area contributed by atoms with Crippen molar-refractivity contribution in [1.29, 1.82) is 0 Å². The summed E-state index contributed by atoms with van der Waals surface area (Å²) in [6.07, 6.45) is 34.5. The molecule has 0 saturated heterocycles. The van der Waals surface area contributed by atoms with Crippen LogP contribution in [0.4, 0.5) is 0 Å². The largest absolute Gasteiger partial charge is 0.472 e. The molecule has 8 nitrogen and oxygen atoms in total. The Balaban J connectivity index is 4.54. The molecule has 0 aromatic heterocycles. The van der Waals surface area contributed by atoms with Gasteiger partial charge in [0.05, 0.1) is 39.9 Å². The first-order valence-corrected chi connectivity index (χ1v) is 20.3. The van der Waals surface area contributed by atoms with Crippen LogP contribution in [-0.4, -0.2) is 73.4 Å². The van der Waals surface area contributed by atoms with E-state index in [2.05, 4.69) is 55.6 Å². The summed E-state index contributed by atoms with van der Waals surface area (Å²) in [6.45, 7) is 4.71.